The van der Waals surface area contributed by atoms with Gasteiger partial charge < -0.3 is 10.5 Å². The molecule has 2 heteroatoms. The Kier molecular flexibility index (Phi) is 6.20. The molecule has 0 aliphatic heterocycles. The summed E-state index contributed by atoms with van der Waals surface area (Å²) in [5, 5.41) is 0. The number of ether oxygens (including phenoxy) is 1. The Morgan fingerprint density at radius 3 is 2.57 bits per heavy atom. The van der Waals surface area contributed by atoms with Crippen molar-refractivity contribution in [2.45, 2.75) is 70.4 Å². The van der Waals surface area contributed by atoms with Crippen LogP contribution >= 0.6 is 0 Å². The van der Waals surface area contributed by atoms with Gasteiger partial charge in [0, 0.05) is 12.6 Å². The molecule has 1 unspecified atom stereocenters. The van der Waals surface area contributed by atoms with Crippen LogP contribution in [0.25, 0.3) is 0 Å². The Bertz CT molecular complexity index is 132. The topological polar surface area (TPSA) is 35.2 Å². The van der Waals surface area contributed by atoms with Gasteiger partial charge in [-0.3, -0.25) is 0 Å². The van der Waals surface area contributed by atoms with E-state index in [9.17, 15) is 0 Å². The lowest BCUT2D eigenvalue weighted by Crippen LogP contribution is -2.24. The minimum absolute atomic E-state index is 0.351. The fourth-order valence-electron chi connectivity index (χ4n) is 2.13. The quantitative estimate of drug-likeness (QED) is 0.714. The number of hydrogen-bond acceptors (Lipinski definition) is 2. The lowest BCUT2D eigenvalue weighted by molar-refractivity contribution is 0.0246. The first-order chi connectivity index (χ1) is 6.83. The van der Waals surface area contributed by atoms with Crippen molar-refractivity contribution in [1.82, 2.24) is 0 Å². The molecule has 0 spiro atoms. The number of hydrogen-bond donors (Lipinski definition) is 1. The van der Waals surface area contributed by atoms with Crippen LogP contribution in [0, 0.1) is 0 Å². The SMILES string of the molecule is CCCC(N)CCOC1CCCCC1. The van der Waals surface area contributed by atoms with E-state index < -0.39 is 0 Å². The summed E-state index contributed by atoms with van der Waals surface area (Å²) >= 11 is 0. The first kappa shape index (κ1) is 12.0. The molecule has 0 heterocycles. The van der Waals surface area contributed by atoms with Gasteiger partial charge in [-0.2, -0.15) is 0 Å². The van der Waals surface area contributed by atoms with Crippen LogP contribution in [-0.4, -0.2) is 18.8 Å². The molecule has 0 saturated heterocycles. The number of nitrogens with two attached hydrogens (primary N) is 1. The van der Waals surface area contributed by atoms with Gasteiger partial charge in [0.25, 0.3) is 0 Å². The maximum atomic E-state index is 5.92. The summed E-state index contributed by atoms with van der Waals surface area (Å²) in [5.41, 5.74) is 5.92. The molecule has 0 aromatic carbocycles. The van der Waals surface area contributed by atoms with E-state index in [0.29, 0.717) is 12.1 Å². The second-order valence-corrected chi connectivity index (χ2v) is 4.47. The second kappa shape index (κ2) is 7.24. The zero-order chi connectivity index (χ0) is 10.2. The molecule has 1 saturated carbocycles. The average molecular weight is 199 g/mol. The van der Waals surface area contributed by atoms with Gasteiger partial charge in [0.05, 0.1) is 6.10 Å². The van der Waals surface area contributed by atoms with Crippen molar-refractivity contribution in [3.63, 3.8) is 0 Å². The van der Waals surface area contributed by atoms with Gasteiger partial charge in [-0.15, -0.1) is 0 Å². The average Bonchev–Trinajstić information content (AvgIpc) is 2.20. The Balaban J connectivity index is 1.96. The minimum atomic E-state index is 0.351. The first-order valence-electron chi connectivity index (χ1n) is 6.20. The molecule has 0 bridgehead atoms. The highest BCUT2D eigenvalue weighted by molar-refractivity contribution is 4.66. The van der Waals surface area contributed by atoms with Crippen molar-refractivity contribution < 1.29 is 4.74 Å². The summed E-state index contributed by atoms with van der Waals surface area (Å²) in [4.78, 5) is 0. The van der Waals surface area contributed by atoms with E-state index in [1.165, 1.54) is 38.5 Å². The minimum Gasteiger partial charge on any atom is -0.378 e. The molecule has 14 heavy (non-hydrogen) atoms. The third kappa shape index (κ3) is 4.97. The fraction of sp³-hybridized carbons (Fsp3) is 1.00. The summed E-state index contributed by atoms with van der Waals surface area (Å²) in [6.07, 6.45) is 10.5. The zero-order valence-electron chi connectivity index (χ0n) is 9.50. The first-order valence-corrected chi connectivity index (χ1v) is 6.20. The van der Waals surface area contributed by atoms with E-state index in [1.807, 2.05) is 0 Å². The van der Waals surface area contributed by atoms with Gasteiger partial charge in [-0.1, -0.05) is 32.6 Å². The van der Waals surface area contributed by atoms with Crippen LogP contribution in [0.15, 0.2) is 0 Å². The van der Waals surface area contributed by atoms with Crippen molar-refractivity contribution in [3.05, 3.63) is 0 Å². The monoisotopic (exact) mass is 199 g/mol. The summed E-state index contributed by atoms with van der Waals surface area (Å²) in [5.74, 6) is 0. The lowest BCUT2D eigenvalue weighted by atomic mass is 9.98. The summed E-state index contributed by atoms with van der Waals surface area (Å²) < 4.78 is 5.82. The van der Waals surface area contributed by atoms with Gasteiger partial charge in [-0.05, 0) is 25.7 Å². The van der Waals surface area contributed by atoms with Crippen molar-refractivity contribution in [3.8, 4) is 0 Å². The standard InChI is InChI=1S/C12H25NO/c1-2-6-11(13)9-10-14-12-7-4-3-5-8-12/h11-12H,2-10,13H2,1H3. The largest absolute Gasteiger partial charge is 0.378 e. The van der Waals surface area contributed by atoms with Crippen molar-refractivity contribution in [2.24, 2.45) is 5.73 Å². The second-order valence-electron chi connectivity index (χ2n) is 4.47. The lowest BCUT2D eigenvalue weighted by Gasteiger charge is -2.22. The summed E-state index contributed by atoms with van der Waals surface area (Å²) in [6.45, 7) is 3.05. The molecule has 1 atom stereocenters. The molecule has 0 radical (unpaired) electrons. The van der Waals surface area contributed by atoms with E-state index >= 15 is 0 Å². The predicted molar refractivity (Wildman–Crippen MR) is 60.3 cm³/mol. The molecule has 0 aromatic rings. The van der Waals surface area contributed by atoms with Crippen LogP contribution < -0.4 is 5.73 Å². The highest BCUT2D eigenvalue weighted by Gasteiger charge is 2.13. The van der Waals surface area contributed by atoms with E-state index in [0.717, 1.165) is 19.4 Å². The van der Waals surface area contributed by atoms with Crippen LogP contribution in [0.1, 0.15) is 58.3 Å². The molecule has 1 aliphatic carbocycles. The maximum absolute atomic E-state index is 5.92. The molecule has 84 valence electrons. The Morgan fingerprint density at radius 2 is 1.93 bits per heavy atom. The number of rotatable bonds is 6. The van der Waals surface area contributed by atoms with Gasteiger partial charge in [0.2, 0.25) is 0 Å². The predicted octanol–water partition coefficient (Wildman–Crippen LogP) is 2.85. The third-order valence-electron chi connectivity index (χ3n) is 3.05. The van der Waals surface area contributed by atoms with E-state index in [2.05, 4.69) is 6.92 Å². The van der Waals surface area contributed by atoms with Gasteiger partial charge >= 0.3 is 0 Å². The smallest absolute Gasteiger partial charge is 0.0575 e. The Morgan fingerprint density at radius 1 is 1.21 bits per heavy atom. The van der Waals surface area contributed by atoms with E-state index in [-0.39, 0.29) is 0 Å². The highest BCUT2D eigenvalue weighted by atomic mass is 16.5. The molecule has 1 aliphatic rings. The van der Waals surface area contributed by atoms with Gasteiger partial charge in [0.1, 0.15) is 0 Å². The molecule has 2 nitrogen and oxygen atoms in total. The van der Waals surface area contributed by atoms with Crippen molar-refractivity contribution in [2.75, 3.05) is 6.61 Å². The normalized spacial score (nSPS) is 21.0. The maximum Gasteiger partial charge on any atom is 0.0575 e. The molecule has 1 rings (SSSR count). The molecule has 0 amide bonds. The van der Waals surface area contributed by atoms with Crippen molar-refractivity contribution >= 4 is 0 Å². The molecule has 2 N–H and O–H groups in total. The molecular formula is C12H25NO. The van der Waals surface area contributed by atoms with Gasteiger partial charge in [0.15, 0.2) is 0 Å². The van der Waals surface area contributed by atoms with E-state index in [1.54, 1.807) is 0 Å². The van der Waals surface area contributed by atoms with Crippen LogP contribution in [-0.2, 0) is 4.74 Å². The van der Waals surface area contributed by atoms with Crippen LogP contribution in [0.4, 0.5) is 0 Å². The third-order valence-corrected chi connectivity index (χ3v) is 3.05. The molecule has 1 fully saturated rings. The van der Waals surface area contributed by atoms with Crippen molar-refractivity contribution in [1.29, 1.82) is 0 Å². The molecule has 0 aromatic heterocycles. The van der Waals surface area contributed by atoms with Crippen LogP contribution in [0.5, 0.6) is 0 Å². The Hall–Kier alpha value is -0.0800. The summed E-state index contributed by atoms with van der Waals surface area (Å²) in [7, 11) is 0. The highest BCUT2D eigenvalue weighted by Crippen LogP contribution is 2.20. The van der Waals surface area contributed by atoms with Crippen LogP contribution in [0.3, 0.4) is 0 Å². The van der Waals surface area contributed by atoms with Gasteiger partial charge in [-0.25, -0.2) is 0 Å². The molecular weight excluding hydrogens is 174 g/mol. The Labute approximate surface area is 88.2 Å². The van der Waals surface area contributed by atoms with Crippen LogP contribution in [0.2, 0.25) is 0 Å². The fourth-order valence-corrected chi connectivity index (χ4v) is 2.13. The summed E-state index contributed by atoms with van der Waals surface area (Å²) in [6, 6.07) is 0.351. The van der Waals surface area contributed by atoms with E-state index in [4.69, 9.17) is 10.5 Å². The zero-order valence-corrected chi connectivity index (χ0v) is 9.50.